The lowest BCUT2D eigenvalue weighted by atomic mass is 10.1. The lowest BCUT2D eigenvalue weighted by Crippen LogP contribution is -2.18. The number of likely N-dealkylation sites (N-methyl/N-ethyl adjacent to an activating group) is 1. The minimum Gasteiger partial charge on any atom is -0.493 e. The zero-order valence-electron chi connectivity index (χ0n) is 16.8. The average Bonchev–Trinajstić information content (AvgIpc) is 3.26. The maximum atomic E-state index is 5.98. The van der Waals surface area contributed by atoms with Gasteiger partial charge in [0.05, 0.1) is 12.3 Å². The highest BCUT2D eigenvalue weighted by molar-refractivity contribution is 5.60. The van der Waals surface area contributed by atoms with Gasteiger partial charge in [0.2, 0.25) is 0 Å². The van der Waals surface area contributed by atoms with Gasteiger partial charge in [-0.25, -0.2) is 0 Å². The van der Waals surface area contributed by atoms with Gasteiger partial charge in [-0.3, -0.25) is 10.00 Å². The summed E-state index contributed by atoms with van der Waals surface area (Å²) in [6, 6.07) is 17.9. The number of nitrogens with two attached hydrogens (primary N) is 1. The lowest BCUT2D eigenvalue weighted by Gasteiger charge is -2.15. The van der Waals surface area contributed by atoms with Crippen LogP contribution in [-0.4, -0.2) is 35.3 Å². The van der Waals surface area contributed by atoms with Crippen LogP contribution in [0.3, 0.4) is 0 Å². The average molecular weight is 389 g/mol. The lowest BCUT2D eigenvalue weighted by molar-refractivity contribution is 0.296. The van der Waals surface area contributed by atoms with E-state index >= 15 is 0 Å². The molecule has 3 N–H and O–H groups in total. The Morgan fingerprint density at radius 3 is 2.83 bits per heavy atom. The Hall–Kier alpha value is -3.31. The van der Waals surface area contributed by atoms with E-state index < -0.39 is 0 Å². The molecule has 0 amide bonds. The Balaban J connectivity index is 1.49. The molecule has 0 aliphatic carbocycles. The second-order valence-corrected chi connectivity index (χ2v) is 7.08. The van der Waals surface area contributed by atoms with E-state index in [0.717, 1.165) is 35.8 Å². The van der Waals surface area contributed by atoms with E-state index in [2.05, 4.69) is 46.9 Å². The van der Waals surface area contributed by atoms with Crippen LogP contribution in [0.4, 0.5) is 5.69 Å². The van der Waals surface area contributed by atoms with Gasteiger partial charge in [-0.05, 0) is 42.9 Å². The molecule has 0 aliphatic rings. The Labute approximate surface area is 172 Å². The van der Waals surface area contributed by atoms with Gasteiger partial charge in [0, 0.05) is 36.5 Å². The van der Waals surface area contributed by atoms with Crippen molar-refractivity contribution in [2.75, 3.05) is 25.9 Å². The van der Waals surface area contributed by atoms with Gasteiger partial charge in [-0.15, -0.1) is 6.58 Å². The summed E-state index contributed by atoms with van der Waals surface area (Å²) in [5, 5.41) is 6.97. The molecule has 5 heteroatoms. The first kappa shape index (κ1) is 20.4. The van der Waals surface area contributed by atoms with Crippen LogP contribution in [0, 0.1) is 5.92 Å². The third-order valence-corrected chi connectivity index (χ3v) is 4.59. The number of nitrogens with one attached hydrogen (secondary N) is 1. The molecule has 1 unspecified atom stereocenters. The Morgan fingerprint density at radius 1 is 1.21 bits per heavy atom. The van der Waals surface area contributed by atoms with Gasteiger partial charge in [-0.1, -0.05) is 42.5 Å². The van der Waals surface area contributed by atoms with E-state index in [1.807, 2.05) is 54.6 Å². The predicted octanol–water partition coefficient (Wildman–Crippen LogP) is 4.53. The molecule has 0 radical (unpaired) electrons. The molecule has 1 atom stereocenters. The van der Waals surface area contributed by atoms with E-state index in [0.29, 0.717) is 6.61 Å². The smallest absolute Gasteiger partial charge is 0.120 e. The molecule has 0 saturated carbocycles. The summed E-state index contributed by atoms with van der Waals surface area (Å²) < 4.78 is 5.98. The third kappa shape index (κ3) is 6.36. The van der Waals surface area contributed by atoms with Crippen LogP contribution in [0.25, 0.3) is 11.3 Å². The quantitative estimate of drug-likeness (QED) is 0.396. The largest absolute Gasteiger partial charge is 0.493 e. The Morgan fingerprint density at radius 2 is 2.07 bits per heavy atom. The van der Waals surface area contributed by atoms with Crippen LogP contribution in [0.5, 0.6) is 5.75 Å². The van der Waals surface area contributed by atoms with Crippen molar-refractivity contribution in [3.63, 3.8) is 0 Å². The van der Waals surface area contributed by atoms with E-state index in [1.54, 1.807) is 6.20 Å². The van der Waals surface area contributed by atoms with Crippen molar-refractivity contribution in [3.05, 3.63) is 91.2 Å². The summed E-state index contributed by atoms with van der Waals surface area (Å²) in [5.74, 6) is 0.975. The van der Waals surface area contributed by atoms with E-state index in [1.165, 1.54) is 5.56 Å². The fraction of sp³-hybridized carbons (Fsp3) is 0.208. The molecule has 0 saturated heterocycles. The van der Waals surface area contributed by atoms with Gasteiger partial charge < -0.3 is 10.5 Å². The first-order valence-electron chi connectivity index (χ1n) is 9.69. The summed E-state index contributed by atoms with van der Waals surface area (Å²) in [4.78, 5) is 2.24. The fourth-order valence-corrected chi connectivity index (χ4v) is 3.05. The maximum Gasteiger partial charge on any atom is 0.120 e. The number of H-pyrrole nitrogens is 1. The van der Waals surface area contributed by atoms with Gasteiger partial charge in [0.25, 0.3) is 0 Å². The molecular formula is C24H28N4O. The van der Waals surface area contributed by atoms with Crippen LogP contribution in [0.2, 0.25) is 0 Å². The topological polar surface area (TPSA) is 67.2 Å². The number of benzene rings is 2. The number of nitrogens with zero attached hydrogens (tertiary/aromatic N) is 2. The van der Waals surface area contributed by atoms with E-state index in [-0.39, 0.29) is 5.92 Å². The Bertz CT molecular complexity index is 934. The van der Waals surface area contributed by atoms with Crippen molar-refractivity contribution in [2.24, 2.45) is 5.92 Å². The molecule has 2 aromatic carbocycles. The third-order valence-electron chi connectivity index (χ3n) is 4.59. The number of aromatic nitrogens is 2. The van der Waals surface area contributed by atoms with Crippen molar-refractivity contribution < 1.29 is 4.74 Å². The molecule has 1 aromatic heterocycles. The molecule has 1 heterocycles. The van der Waals surface area contributed by atoms with Crippen LogP contribution in [0.1, 0.15) is 5.56 Å². The van der Waals surface area contributed by atoms with Gasteiger partial charge in [-0.2, -0.15) is 5.10 Å². The summed E-state index contributed by atoms with van der Waals surface area (Å²) in [7, 11) is 2.09. The van der Waals surface area contributed by atoms with Crippen molar-refractivity contribution in [2.45, 2.75) is 6.54 Å². The van der Waals surface area contributed by atoms with Crippen molar-refractivity contribution in [3.8, 4) is 17.0 Å². The van der Waals surface area contributed by atoms with Crippen LogP contribution >= 0.6 is 0 Å². The SMILES string of the molecule is C=CC(/C=C/CN(C)Cc1cccc(N)c1)COc1cccc(-c2ccn[nH]2)c1. The number of anilines is 1. The van der Waals surface area contributed by atoms with Gasteiger partial charge >= 0.3 is 0 Å². The van der Waals surface area contributed by atoms with Crippen LogP contribution < -0.4 is 10.5 Å². The van der Waals surface area contributed by atoms with E-state index in [4.69, 9.17) is 10.5 Å². The molecule has 0 spiro atoms. The number of rotatable bonds is 10. The molecule has 0 fully saturated rings. The normalized spacial score (nSPS) is 12.3. The van der Waals surface area contributed by atoms with E-state index in [9.17, 15) is 0 Å². The first-order chi connectivity index (χ1) is 14.1. The predicted molar refractivity (Wildman–Crippen MR) is 120 cm³/mol. The second-order valence-electron chi connectivity index (χ2n) is 7.08. The molecule has 5 nitrogen and oxygen atoms in total. The summed E-state index contributed by atoms with van der Waals surface area (Å²) in [6.07, 6.45) is 7.95. The Kier molecular flexibility index (Phi) is 7.25. The number of ether oxygens (including phenoxy) is 1. The molecule has 3 rings (SSSR count). The number of nitrogen functional groups attached to an aromatic ring is 1. The number of hydrogen-bond acceptors (Lipinski definition) is 4. The molecule has 150 valence electrons. The maximum absolute atomic E-state index is 5.98. The standard InChI is InChI=1S/C24H28N4O/c1-3-19(8-6-14-28(2)17-20-7-4-10-22(25)15-20)18-29-23-11-5-9-21(16-23)24-12-13-26-27-24/h3-13,15-16,19H,1,14,17-18,25H2,2H3,(H,26,27)/b8-6+. The minimum atomic E-state index is 0.145. The zero-order chi connectivity index (χ0) is 20.5. The van der Waals surface area contributed by atoms with Gasteiger partial charge in [0.15, 0.2) is 0 Å². The zero-order valence-corrected chi connectivity index (χ0v) is 16.8. The highest BCUT2D eigenvalue weighted by Gasteiger charge is 2.05. The second kappa shape index (κ2) is 10.3. The molecule has 29 heavy (non-hydrogen) atoms. The van der Waals surface area contributed by atoms with Crippen LogP contribution in [-0.2, 0) is 6.54 Å². The highest BCUT2D eigenvalue weighted by atomic mass is 16.5. The molecule has 0 aliphatic heterocycles. The molecular weight excluding hydrogens is 360 g/mol. The summed E-state index contributed by atoms with van der Waals surface area (Å²) >= 11 is 0. The minimum absolute atomic E-state index is 0.145. The number of hydrogen-bond donors (Lipinski definition) is 2. The van der Waals surface area contributed by atoms with Crippen molar-refractivity contribution >= 4 is 5.69 Å². The van der Waals surface area contributed by atoms with Crippen molar-refractivity contribution in [1.82, 2.24) is 15.1 Å². The van der Waals surface area contributed by atoms with Gasteiger partial charge in [0.1, 0.15) is 5.75 Å². The van der Waals surface area contributed by atoms with Crippen LogP contribution in [0.15, 0.2) is 85.6 Å². The molecule has 0 bridgehead atoms. The highest BCUT2D eigenvalue weighted by Crippen LogP contribution is 2.22. The summed E-state index contributed by atoms with van der Waals surface area (Å²) in [6.45, 7) is 6.18. The summed E-state index contributed by atoms with van der Waals surface area (Å²) in [5.41, 5.74) is 9.88. The fourth-order valence-electron chi connectivity index (χ4n) is 3.05. The first-order valence-corrected chi connectivity index (χ1v) is 9.69. The monoisotopic (exact) mass is 388 g/mol. The van der Waals surface area contributed by atoms with Crippen molar-refractivity contribution in [1.29, 1.82) is 0 Å². The number of aromatic amines is 1. The molecule has 3 aromatic rings.